The SMILES string of the molecule is Cc1nccc(-c2cccc(N3CCC(N[C@H](C)c4cnn(C)c4)CC3)c2)n1. The number of aromatic nitrogens is 4. The van der Waals surface area contributed by atoms with Gasteiger partial charge in [0, 0.05) is 61.4 Å². The molecule has 0 unspecified atom stereocenters. The molecule has 6 nitrogen and oxygen atoms in total. The molecule has 2 aromatic heterocycles. The number of piperidine rings is 1. The van der Waals surface area contributed by atoms with Crippen molar-refractivity contribution in [1.82, 2.24) is 25.1 Å². The lowest BCUT2D eigenvalue weighted by Crippen LogP contribution is -2.43. The van der Waals surface area contributed by atoms with Gasteiger partial charge in [-0.3, -0.25) is 4.68 Å². The lowest BCUT2D eigenvalue weighted by Gasteiger charge is -2.35. The molecule has 1 N–H and O–H groups in total. The fourth-order valence-corrected chi connectivity index (χ4v) is 3.90. The molecule has 0 saturated carbocycles. The molecule has 3 aromatic rings. The van der Waals surface area contributed by atoms with Crippen molar-refractivity contribution in [3.05, 3.63) is 60.3 Å². The average Bonchev–Trinajstić information content (AvgIpc) is 3.15. The van der Waals surface area contributed by atoms with Gasteiger partial charge in [0.15, 0.2) is 0 Å². The second-order valence-electron chi connectivity index (χ2n) is 7.64. The predicted octanol–water partition coefficient (Wildman–Crippen LogP) is 3.51. The second kappa shape index (κ2) is 8.10. The van der Waals surface area contributed by atoms with E-state index in [4.69, 9.17) is 0 Å². The average molecular weight is 377 g/mol. The Labute approximate surface area is 166 Å². The van der Waals surface area contributed by atoms with Crippen LogP contribution in [0.4, 0.5) is 5.69 Å². The van der Waals surface area contributed by atoms with Gasteiger partial charge < -0.3 is 10.2 Å². The molecule has 1 atom stereocenters. The normalized spacial score (nSPS) is 16.3. The molecule has 0 aliphatic carbocycles. The molecule has 146 valence electrons. The van der Waals surface area contributed by atoms with Crippen LogP contribution >= 0.6 is 0 Å². The molecule has 0 amide bonds. The number of hydrogen-bond acceptors (Lipinski definition) is 5. The first-order chi connectivity index (χ1) is 13.6. The summed E-state index contributed by atoms with van der Waals surface area (Å²) >= 11 is 0. The quantitative estimate of drug-likeness (QED) is 0.738. The lowest BCUT2D eigenvalue weighted by molar-refractivity contribution is 0.381. The van der Waals surface area contributed by atoms with Crippen molar-refractivity contribution in [2.45, 2.75) is 38.8 Å². The van der Waals surface area contributed by atoms with Crippen LogP contribution in [0, 0.1) is 6.92 Å². The van der Waals surface area contributed by atoms with E-state index in [1.807, 2.05) is 37.1 Å². The zero-order valence-electron chi connectivity index (χ0n) is 16.8. The molecule has 1 aliphatic rings. The molecule has 28 heavy (non-hydrogen) atoms. The van der Waals surface area contributed by atoms with Crippen LogP contribution in [0.3, 0.4) is 0 Å². The van der Waals surface area contributed by atoms with Crippen LogP contribution in [0.25, 0.3) is 11.3 Å². The predicted molar refractivity (Wildman–Crippen MR) is 112 cm³/mol. The molecule has 1 fully saturated rings. The van der Waals surface area contributed by atoms with Crippen molar-refractivity contribution in [3.8, 4) is 11.3 Å². The molecule has 0 spiro atoms. The summed E-state index contributed by atoms with van der Waals surface area (Å²) in [5, 5.41) is 8.05. The van der Waals surface area contributed by atoms with Gasteiger partial charge >= 0.3 is 0 Å². The Hall–Kier alpha value is -2.73. The van der Waals surface area contributed by atoms with E-state index in [1.54, 1.807) is 0 Å². The van der Waals surface area contributed by atoms with Gasteiger partial charge in [0.2, 0.25) is 0 Å². The van der Waals surface area contributed by atoms with Gasteiger partial charge in [0.1, 0.15) is 5.82 Å². The maximum absolute atomic E-state index is 4.56. The molecule has 1 aliphatic heterocycles. The topological polar surface area (TPSA) is 58.9 Å². The van der Waals surface area contributed by atoms with Crippen LogP contribution in [-0.2, 0) is 7.05 Å². The summed E-state index contributed by atoms with van der Waals surface area (Å²) in [6, 6.07) is 11.5. The third-order valence-electron chi connectivity index (χ3n) is 5.49. The number of nitrogens with zero attached hydrogens (tertiary/aromatic N) is 5. The fraction of sp³-hybridized carbons (Fsp3) is 0.409. The minimum atomic E-state index is 0.328. The Kier molecular flexibility index (Phi) is 5.39. The molecule has 4 rings (SSSR count). The van der Waals surface area contributed by atoms with E-state index in [1.165, 1.54) is 11.3 Å². The first kappa shape index (κ1) is 18.6. The zero-order valence-corrected chi connectivity index (χ0v) is 16.8. The van der Waals surface area contributed by atoms with Gasteiger partial charge in [-0.25, -0.2) is 9.97 Å². The van der Waals surface area contributed by atoms with Gasteiger partial charge in [-0.15, -0.1) is 0 Å². The van der Waals surface area contributed by atoms with Crippen LogP contribution in [0.1, 0.15) is 37.2 Å². The Morgan fingerprint density at radius 3 is 2.71 bits per heavy atom. The minimum Gasteiger partial charge on any atom is -0.371 e. The molecule has 0 bridgehead atoms. The van der Waals surface area contributed by atoms with Gasteiger partial charge in [-0.05, 0) is 44.9 Å². The highest BCUT2D eigenvalue weighted by molar-refractivity contribution is 5.65. The number of hydrogen-bond donors (Lipinski definition) is 1. The van der Waals surface area contributed by atoms with Crippen molar-refractivity contribution in [2.75, 3.05) is 18.0 Å². The number of aryl methyl sites for hydroxylation is 2. The standard InChI is InChI=1S/C22H28N6/c1-16(19-14-24-27(3)15-19)25-20-8-11-28(12-9-20)21-6-4-5-18(13-21)22-7-10-23-17(2)26-22/h4-7,10,13-16,20,25H,8-9,11-12H2,1-3H3/t16-/m1/s1. The van der Waals surface area contributed by atoms with Gasteiger partial charge in [0.25, 0.3) is 0 Å². The molecular weight excluding hydrogens is 348 g/mol. The van der Waals surface area contributed by atoms with Crippen molar-refractivity contribution in [2.24, 2.45) is 7.05 Å². The largest absolute Gasteiger partial charge is 0.371 e. The van der Waals surface area contributed by atoms with Crippen LogP contribution in [0.2, 0.25) is 0 Å². The molecular formula is C22H28N6. The Bertz CT molecular complexity index is 926. The number of benzene rings is 1. The minimum absolute atomic E-state index is 0.328. The monoisotopic (exact) mass is 376 g/mol. The lowest BCUT2D eigenvalue weighted by atomic mass is 10.0. The first-order valence-corrected chi connectivity index (χ1v) is 9.98. The highest BCUT2D eigenvalue weighted by Crippen LogP contribution is 2.26. The second-order valence-corrected chi connectivity index (χ2v) is 7.64. The van der Waals surface area contributed by atoms with Gasteiger partial charge in [-0.2, -0.15) is 5.10 Å². The smallest absolute Gasteiger partial charge is 0.125 e. The van der Waals surface area contributed by atoms with Crippen molar-refractivity contribution in [3.63, 3.8) is 0 Å². The summed E-state index contributed by atoms with van der Waals surface area (Å²) in [5.74, 6) is 0.803. The van der Waals surface area contributed by atoms with E-state index in [0.29, 0.717) is 12.1 Å². The van der Waals surface area contributed by atoms with Gasteiger partial charge in [0.05, 0.1) is 11.9 Å². The van der Waals surface area contributed by atoms with Crippen molar-refractivity contribution >= 4 is 5.69 Å². The van der Waals surface area contributed by atoms with E-state index in [-0.39, 0.29) is 0 Å². The number of anilines is 1. The summed E-state index contributed by atoms with van der Waals surface area (Å²) in [6.07, 6.45) is 8.15. The number of rotatable bonds is 5. The zero-order chi connectivity index (χ0) is 19.5. The Morgan fingerprint density at radius 2 is 2.00 bits per heavy atom. The third kappa shape index (κ3) is 4.22. The maximum Gasteiger partial charge on any atom is 0.125 e. The van der Waals surface area contributed by atoms with E-state index in [9.17, 15) is 0 Å². The molecule has 1 aromatic carbocycles. The summed E-state index contributed by atoms with van der Waals surface area (Å²) in [5.41, 5.74) is 4.65. The highest BCUT2D eigenvalue weighted by Gasteiger charge is 2.21. The fourth-order valence-electron chi connectivity index (χ4n) is 3.90. The van der Waals surface area contributed by atoms with E-state index in [0.717, 1.165) is 43.0 Å². The van der Waals surface area contributed by atoms with E-state index < -0.39 is 0 Å². The third-order valence-corrected chi connectivity index (χ3v) is 5.49. The molecule has 3 heterocycles. The maximum atomic E-state index is 4.56. The Balaban J connectivity index is 1.38. The van der Waals surface area contributed by atoms with E-state index in [2.05, 4.69) is 62.7 Å². The summed E-state index contributed by atoms with van der Waals surface area (Å²) < 4.78 is 1.86. The number of nitrogens with one attached hydrogen (secondary N) is 1. The van der Waals surface area contributed by atoms with Crippen LogP contribution < -0.4 is 10.2 Å². The van der Waals surface area contributed by atoms with Crippen molar-refractivity contribution in [1.29, 1.82) is 0 Å². The molecule has 6 heteroatoms. The summed E-state index contributed by atoms with van der Waals surface area (Å²) in [7, 11) is 1.96. The summed E-state index contributed by atoms with van der Waals surface area (Å²) in [4.78, 5) is 11.2. The highest BCUT2D eigenvalue weighted by atomic mass is 15.2. The van der Waals surface area contributed by atoms with E-state index >= 15 is 0 Å². The van der Waals surface area contributed by atoms with Gasteiger partial charge in [-0.1, -0.05) is 12.1 Å². The first-order valence-electron chi connectivity index (χ1n) is 9.98. The van der Waals surface area contributed by atoms with Crippen LogP contribution in [0.5, 0.6) is 0 Å². The van der Waals surface area contributed by atoms with Crippen LogP contribution in [0.15, 0.2) is 48.9 Å². The van der Waals surface area contributed by atoms with Crippen molar-refractivity contribution < 1.29 is 0 Å². The molecule has 1 saturated heterocycles. The van der Waals surface area contributed by atoms with Crippen LogP contribution in [-0.4, -0.2) is 38.9 Å². The molecule has 0 radical (unpaired) electrons. The Morgan fingerprint density at radius 1 is 1.18 bits per heavy atom. The summed E-state index contributed by atoms with van der Waals surface area (Å²) in [6.45, 7) is 6.27.